The van der Waals surface area contributed by atoms with Crippen molar-refractivity contribution in [1.29, 1.82) is 0 Å². The van der Waals surface area contributed by atoms with Crippen LogP contribution in [-0.2, 0) is 0 Å². The van der Waals surface area contributed by atoms with E-state index in [1.807, 2.05) is 30.3 Å². The highest BCUT2D eigenvalue weighted by Crippen LogP contribution is 2.31. The van der Waals surface area contributed by atoms with Gasteiger partial charge in [-0.1, -0.05) is 24.3 Å². The summed E-state index contributed by atoms with van der Waals surface area (Å²) in [6.45, 7) is 0. The van der Waals surface area contributed by atoms with Gasteiger partial charge < -0.3 is 15.2 Å². The third-order valence-corrected chi connectivity index (χ3v) is 3.61. The molecule has 0 aromatic heterocycles. The lowest BCUT2D eigenvalue weighted by Crippen LogP contribution is -1.92. The van der Waals surface area contributed by atoms with Crippen molar-refractivity contribution in [3.05, 3.63) is 54.6 Å². The number of anilines is 1. The van der Waals surface area contributed by atoms with E-state index >= 15 is 0 Å². The Bertz CT molecular complexity index is 802. The first-order valence-corrected chi connectivity index (χ1v) is 6.73. The van der Waals surface area contributed by atoms with Crippen LogP contribution in [0.25, 0.3) is 21.9 Å². The van der Waals surface area contributed by atoms with Crippen LogP contribution in [0.15, 0.2) is 54.6 Å². The van der Waals surface area contributed by atoms with Gasteiger partial charge in [-0.2, -0.15) is 0 Å². The topological polar surface area (TPSA) is 44.5 Å². The molecule has 0 radical (unpaired) electrons. The van der Waals surface area contributed by atoms with E-state index in [2.05, 4.69) is 24.3 Å². The summed E-state index contributed by atoms with van der Waals surface area (Å²) in [5, 5.41) is 2.32. The van der Waals surface area contributed by atoms with Crippen LogP contribution in [0, 0.1) is 0 Å². The van der Waals surface area contributed by atoms with Crippen LogP contribution in [0.5, 0.6) is 11.5 Å². The normalized spacial score (nSPS) is 10.1. The maximum Gasteiger partial charge on any atom is 0.142 e. The molecule has 0 spiro atoms. The van der Waals surface area contributed by atoms with Crippen molar-refractivity contribution in [1.82, 2.24) is 0 Å². The first-order valence-electron chi connectivity index (χ1n) is 6.73. The van der Waals surface area contributed by atoms with Crippen LogP contribution in [-0.4, -0.2) is 14.2 Å². The lowest BCUT2D eigenvalue weighted by molar-refractivity contribution is 0.415. The Morgan fingerprint density at radius 3 is 2.09 bits per heavy atom. The van der Waals surface area contributed by atoms with Gasteiger partial charge in [0.2, 0.25) is 0 Å². The minimum Gasteiger partial charge on any atom is -0.497 e. The number of nitrogens with two attached hydrogens (primary N) is 1. The number of hydrogen-bond acceptors (Lipinski definition) is 3. The van der Waals surface area contributed by atoms with Crippen LogP contribution >= 0.6 is 12.4 Å². The molecular formula is C18H18ClNO2. The minimum atomic E-state index is 0. The molecule has 3 nitrogen and oxygen atoms in total. The second-order valence-electron chi connectivity index (χ2n) is 4.88. The van der Waals surface area contributed by atoms with E-state index in [0.29, 0.717) is 11.4 Å². The van der Waals surface area contributed by atoms with E-state index in [9.17, 15) is 0 Å². The molecule has 3 aromatic rings. The van der Waals surface area contributed by atoms with Gasteiger partial charge in [-0.15, -0.1) is 12.4 Å². The third-order valence-electron chi connectivity index (χ3n) is 3.61. The average molecular weight is 316 g/mol. The third kappa shape index (κ3) is 2.95. The van der Waals surface area contributed by atoms with E-state index in [-0.39, 0.29) is 12.4 Å². The van der Waals surface area contributed by atoms with Gasteiger partial charge in [0.25, 0.3) is 0 Å². The van der Waals surface area contributed by atoms with E-state index < -0.39 is 0 Å². The molecule has 0 atom stereocenters. The van der Waals surface area contributed by atoms with E-state index in [1.165, 1.54) is 5.39 Å². The number of halogens is 1. The summed E-state index contributed by atoms with van der Waals surface area (Å²) in [6, 6.07) is 18.2. The van der Waals surface area contributed by atoms with E-state index in [0.717, 1.165) is 22.3 Å². The molecule has 0 aliphatic rings. The van der Waals surface area contributed by atoms with Crippen LogP contribution in [0.2, 0.25) is 0 Å². The molecular weight excluding hydrogens is 298 g/mol. The van der Waals surface area contributed by atoms with Crippen molar-refractivity contribution in [3.8, 4) is 22.6 Å². The molecule has 0 saturated heterocycles. The summed E-state index contributed by atoms with van der Waals surface area (Å²) in [5.74, 6) is 1.56. The van der Waals surface area contributed by atoms with Gasteiger partial charge in [0.1, 0.15) is 11.5 Å². The summed E-state index contributed by atoms with van der Waals surface area (Å²) in [7, 11) is 3.30. The van der Waals surface area contributed by atoms with Crippen molar-refractivity contribution in [2.24, 2.45) is 0 Å². The highest BCUT2D eigenvalue weighted by molar-refractivity contribution is 5.88. The molecule has 0 heterocycles. The van der Waals surface area contributed by atoms with E-state index in [1.54, 1.807) is 14.2 Å². The molecule has 2 N–H and O–H groups in total. The van der Waals surface area contributed by atoms with Crippen molar-refractivity contribution in [3.63, 3.8) is 0 Å². The molecule has 0 amide bonds. The van der Waals surface area contributed by atoms with Gasteiger partial charge >= 0.3 is 0 Å². The van der Waals surface area contributed by atoms with Gasteiger partial charge in [-0.3, -0.25) is 0 Å². The SMILES string of the molecule is COc1ccc2cc(-c3ccc(N)c(OC)c3)ccc2c1.Cl. The predicted octanol–water partition coefficient (Wildman–Crippen LogP) is 4.53. The Morgan fingerprint density at radius 2 is 1.36 bits per heavy atom. The number of hydrogen-bond donors (Lipinski definition) is 1. The summed E-state index contributed by atoms with van der Waals surface area (Å²) in [4.78, 5) is 0. The molecule has 114 valence electrons. The molecule has 3 aromatic carbocycles. The Labute approximate surface area is 136 Å². The van der Waals surface area contributed by atoms with Crippen LogP contribution in [0.4, 0.5) is 5.69 Å². The van der Waals surface area contributed by atoms with Gasteiger partial charge in [0.05, 0.1) is 19.9 Å². The summed E-state index contributed by atoms with van der Waals surface area (Å²) >= 11 is 0. The van der Waals surface area contributed by atoms with Gasteiger partial charge in [-0.25, -0.2) is 0 Å². The fourth-order valence-corrected chi connectivity index (χ4v) is 2.42. The standard InChI is InChI=1S/C18H17NO2.ClH/c1-20-16-7-5-13-9-12(3-4-14(13)10-16)15-6-8-17(19)18(11-15)21-2;/h3-11H,19H2,1-2H3;1H. The number of rotatable bonds is 3. The lowest BCUT2D eigenvalue weighted by Gasteiger charge is -2.09. The van der Waals surface area contributed by atoms with Crippen LogP contribution in [0.1, 0.15) is 0 Å². The smallest absolute Gasteiger partial charge is 0.142 e. The highest BCUT2D eigenvalue weighted by Gasteiger charge is 2.05. The molecule has 0 fully saturated rings. The van der Waals surface area contributed by atoms with Crippen molar-refractivity contribution >= 4 is 28.9 Å². The maximum absolute atomic E-state index is 5.86. The first kappa shape index (κ1) is 16.0. The van der Waals surface area contributed by atoms with Gasteiger partial charge in [-0.05, 0) is 52.2 Å². The Morgan fingerprint density at radius 1 is 0.727 bits per heavy atom. The van der Waals surface area contributed by atoms with E-state index in [4.69, 9.17) is 15.2 Å². The second-order valence-corrected chi connectivity index (χ2v) is 4.88. The Kier molecular flexibility index (Phi) is 4.78. The monoisotopic (exact) mass is 315 g/mol. The molecule has 0 saturated carbocycles. The fourth-order valence-electron chi connectivity index (χ4n) is 2.42. The number of ether oxygens (including phenoxy) is 2. The minimum absolute atomic E-state index is 0. The van der Waals surface area contributed by atoms with Crippen molar-refractivity contribution in [2.75, 3.05) is 20.0 Å². The summed E-state index contributed by atoms with van der Waals surface area (Å²) in [6.07, 6.45) is 0. The lowest BCUT2D eigenvalue weighted by atomic mass is 10.0. The van der Waals surface area contributed by atoms with Crippen LogP contribution < -0.4 is 15.2 Å². The highest BCUT2D eigenvalue weighted by atomic mass is 35.5. The molecule has 0 bridgehead atoms. The van der Waals surface area contributed by atoms with Crippen LogP contribution in [0.3, 0.4) is 0 Å². The summed E-state index contributed by atoms with van der Waals surface area (Å²) in [5.41, 5.74) is 8.72. The first-order chi connectivity index (χ1) is 10.2. The zero-order valence-corrected chi connectivity index (χ0v) is 13.3. The van der Waals surface area contributed by atoms with Crippen molar-refractivity contribution in [2.45, 2.75) is 0 Å². The predicted molar refractivity (Wildman–Crippen MR) is 94.1 cm³/mol. The largest absolute Gasteiger partial charge is 0.497 e. The second kappa shape index (κ2) is 6.58. The molecule has 0 aliphatic carbocycles. The molecule has 3 rings (SSSR count). The molecule has 22 heavy (non-hydrogen) atoms. The molecule has 0 unspecified atom stereocenters. The van der Waals surface area contributed by atoms with Gasteiger partial charge in [0, 0.05) is 0 Å². The zero-order valence-electron chi connectivity index (χ0n) is 12.5. The summed E-state index contributed by atoms with van der Waals surface area (Å²) < 4.78 is 10.5. The average Bonchev–Trinajstić information content (AvgIpc) is 2.54. The number of benzene rings is 3. The maximum atomic E-state index is 5.86. The van der Waals surface area contributed by atoms with Gasteiger partial charge in [0.15, 0.2) is 0 Å². The quantitative estimate of drug-likeness (QED) is 0.722. The molecule has 4 heteroatoms. The Hall–Kier alpha value is -2.39. The zero-order chi connectivity index (χ0) is 14.8. The number of nitrogen functional groups attached to an aromatic ring is 1. The van der Waals surface area contributed by atoms with Crippen molar-refractivity contribution < 1.29 is 9.47 Å². The molecule has 0 aliphatic heterocycles. The number of methoxy groups -OCH3 is 2. The fraction of sp³-hybridized carbons (Fsp3) is 0.111. The Balaban J connectivity index is 0.00000176. The number of fused-ring (bicyclic) bond motifs is 1.